The van der Waals surface area contributed by atoms with Crippen molar-refractivity contribution in [2.75, 3.05) is 24.8 Å². The van der Waals surface area contributed by atoms with Crippen LogP contribution in [0.2, 0.25) is 0 Å². The van der Waals surface area contributed by atoms with E-state index < -0.39 is 0 Å². The van der Waals surface area contributed by atoms with Crippen LogP contribution < -0.4 is 10.6 Å². The monoisotopic (exact) mass is 251 g/mol. The van der Waals surface area contributed by atoms with E-state index >= 15 is 0 Å². The van der Waals surface area contributed by atoms with Crippen molar-refractivity contribution in [3.63, 3.8) is 0 Å². The molecule has 18 heavy (non-hydrogen) atoms. The molecule has 3 N–H and O–H groups in total. The minimum atomic E-state index is -0.293. The summed E-state index contributed by atoms with van der Waals surface area (Å²) in [5.41, 5.74) is 0.425. The maximum atomic E-state index is 11.5. The summed E-state index contributed by atoms with van der Waals surface area (Å²) >= 11 is 0. The lowest BCUT2D eigenvalue weighted by atomic mass is 9.92. The van der Waals surface area contributed by atoms with Crippen LogP contribution in [0.4, 0.5) is 0 Å². The molecule has 0 aromatic carbocycles. The first-order valence-electron chi connectivity index (χ1n) is 5.65. The number of aliphatic hydroxyl groups excluding tert-OH is 2. The predicted octanol–water partition coefficient (Wildman–Crippen LogP) is -1.96. The van der Waals surface area contributed by atoms with Gasteiger partial charge in [0.15, 0.2) is 11.2 Å². The molecule has 3 rings (SSSR count). The maximum absolute atomic E-state index is 11.5. The second kappa shape index (κ2) is 4.07. The Morgan fingerprint density at radius 2 is 2.22 bits per heavy atom. The van der Waals surface area contributed by atoms with E-state index in [0.29, 0.717) is 12.2 Å². The number of rotatable bonds is 3. The van der Waals surface area contributed by atoms with E-state index in [9.17, 15) is 9.90 Å². The van der Waals surface area contributed by atoms with Crippen LogP contribution in [0.1, 0.15) is 0 Å². The van der Waals surface area contributed by atoms with E-state index in [1.165, 1.54) is 12.7 Å². The van der Waals surface area contributed by atoms with Crippen LogP contribution in [0, 0.1) is 5.92 Å². The summed E-state index contributed by atoms with van der Waals surface area (Å²) in [6.07, 6.45) is 2.82. The Morgan fingerprint density at radius 3 is 2.94 bits per heavy atom. The lowest BCUT2D eigenvalue weighted by Gasteiger charge is -2.47. The molecule has 0 amide bonds. The smallest absolute Gasteiger partial charge is 0.278 e. The number of aromatic amines is 1. The van der Waals surface area contributed by atoms with Crippen LogP contribution in [-0.2, 0) is 0 Å². The standard InChI is InChI=1S/C10H13N5O3/c16-2-6-1-14(7(6)3-17)15-5-13-8-9(15)11-4-12-10(8)18/h4-7,16-17H,1-3H2,(H,11,12,18). The first-order chi connectivity index (χ1) is 8.76. The van der Waals surface area contributed by atoms with Crippen LogP contribution >= 0.6 is 0 Å². The Morgan fingerprint density at radius 1 is 1.39 bits per heavy atom. The number of hydrogen-bond donors (Lipinski definition) is 3. The van der Waals surface area contributed by atoms with Gasteiger partial charge in [-0.15, -0.1) is 0 Å². The molecule has 2 aromatic rings. The second-order valence-corrected chi connectivity index (χ2v) is 4.31. The van der Waals surface area contributed by atoms with Gasteiger partial charge in [-0.25, -0.2) is 14.6 Å². The van der Waals surface area contributed by atoms with Gasteiger partial charge in [0.05, 0.1) is 19.0 Å². The molecule has 1 saturated heterocycles. The van der Waals surface area contributed by atoms with Gasteiger partial charge in [0.2, 0.25) is 0 Å². The van der Waals surface area contributed by atoms with Gasteiger partial charge in [-0.05, 0) is 0 Å². The van der Waals surface area contributed by atoms with E-state index in [0.717, 1.165) is 0 Å². The van der Waals surface area contributed by atoms with Crippen LogP contribution in [-0.4, -0.2) is 55.6 Å². The summed E-state index contributed by atoms with van der Waals surface area (Å²) in [6, 6.07) is -0.173. The number of imidazole rings is 1. The molecule has 0 spiro atoms. The predicted molar refractivity (Wildman–Crippen MR) is 62.7 cm³/mol. The highest BCUT2D eigenvalue weighted by Gasteiger charge is 2.39. The van der Waals surface area contributed by atoms with Crippen molar-refractivity contribution in [2.24, 2.45) is 5.92 Å². The molecule has 2 atom stereocenters. The highest BCUT2D eigenvalue weighted by atomic mass is 16.3. The zero-order valence-electron chi connectivity index (χ0n) is 9.52. The van der Waals surface area contributed by atoms with E-state index in [1.54, 1.807) is 4.68 Å². The number of H-pyrrole nitrogens is 1. The third-order valence-electron chi connectivity index (χ3n) is 3.37. The molecule has 8 nitrogen and oxygen atoms in total. The SMILES string of the molecule is O=c1[nH]cnc2c1ncn2N1CC(CO)C1CO. The van der Waals surface area contributed by atoms with Crippen molar-refractivity contribution in [1.29, 1.82) is 0 Å². The minimum Gasteiger partial charge on any atom is -0.396 e. The molecule has 0 bridgehead atoms. The van der Waals surface area contributed by atoms with Gasteiger partial charge in [-0.1, -0.05) is 0 Å². The fourth-order valence-electron chi connectivity index (χ4n) is 2.30. The van der Waals surface area contributed by atoms with Crippen LogP contribution in [0.5, 0.6) is 0 Å². The van der Waals surface area contributed by atoms with E-state index in [4.69, 9.17) is 5.11 Å². The normalized spacial score (nSPS) is 23.3. The van der Waals surface area contributed by atoms with E-state index in [-0.39, 0.29) is 36.2 Å². The lowest BCUT2D eigenvalue weighted by molar-refractivity contribution is 0.0900. The lowest BCUT2D eigenvalue weighted by Crippen LogP contribution is -2.64. The topological polar surface area (TPSA) is 107 Å². The van der Waals surface area contributed by atoms with Crippen LogP contribution in [0.25, 0.3) is 11.2 Å². The Balaban J connectivity index is 2.01. The molecule has 3 heterocycles. The number of nitrogens with one attached hydrogen (secondary N) is 1. The number of aliphatic hydroxyl groups is 2. The Hall–Kier alpha value is -1.93. The third kappa shape index (κ3) is 1.42. The van der Waals surface area contributed by atoms with Gasteiger partial charge in [0.25, 0.3) is 5.56 Å². The van der Waals surface area contributed by atoms with Gasteiger partial charge in [-0.2, -0.15) is 0 Å². The van der Waals surface area contributed by atoms with E-state index in [1.807, 2.05) is 5.01 Å². The fraction of sp³-hybridized carbons (Fsp3) is 0.500. The Bertz CT molecular complexity index is 621. The Labute approximate surface area is 101 Å². The number of fused-ring (bicyclic) bond motifs is 1. The van der Waals surface area contributed by atoms with Crippen molar-refractivity contribution < 1.29 is 10.2 Å². The molecule has 1 aliphatic rings. The molecular weight excluding hydrogens is 238 g/mol. The molecule has 1 fully saturated rings. The molecule has 0 saturated carbocycles. The zero-order valence-corrected chi connectivity index (χ0v) is 9.52. The summed E-state index contributed by atoms with van der Waals surface area (Å²) in [5.74, 6) is 0.0365. The van der Waals surface area contributed by atoms with Crippen molar-refractivity contribution in [1.82, 2.24) is 19.6 Å². The van der Waals surface area contributed by atoms with Gasteiger partial charge >= 0.3 is 0 Å². The van der Waals surface area contributed by atoms with Gasteiger partial charge in [0.1, 0.15) is 6.33 Å². The second-order valence-electron chi connectivity index (χ2n) is 4.31. The molecule has 8 heteroatoms. The molecule has 2 unspecified atom stereocenters. The summed E-state index contributed by atoms with van der Waals surface area (Å²) in [4.78, 5) is 22.1. The first kappa shape index (κ1) is 11.2. The largest absolute Gasteiger partial charge is 0.396 e. The maximum Gasteiger partial charge on any atom is 0.278 e. The summed E-state index contributed by atoms with van der Waals surface area (Å²) in [5, 5.41) is 20.3. The molecular formula is C10H13N5O3. The van der Waals surface area contributed by atoms with Gasteiger partial charge in [0, 0.05) is 19.1 Å². The third-order valence-corrected chi connectivity index (χ3v) is 3.37. The quantitative estimate of drug-likeness (QED) is 0.584. The van der Waals surface area contributed by atoms with Crippen molar-refractivity contribution >= 4 is 11.2 Å². The summed E-state index contributed by atoms with van der Waals surface area (Å²) in [6.45, 7) is 0.568. The minimum absolute atomic E-state index is 0.0301. The average molecular weight is 251 g/mol. The highest BCUT2D eigenvalue weighted by Crippen LogP contribution is 2.24. The number of aromatic nitrogens is 4. The number of hydrogen-bond acceptors (Lipinski definition) is 6. The van der Waals surface area contributed by atoms with Crippen molar-refractivity contribution in [2.45, 2.75) is 6.04 Å². The van der Waals surface area contributed by atoms with E-state index in [2.05, 4.69) is 15.0 Å². The Kier molecular flexibility index (Phi) is 2.53. The molecule has 96 valence electrons. The average Bonchev–Trinajstić information content (AvgIpc) is 2.75. The van der Waals surface area contributed by atoms with Crippen molar-refractivity contribution in [3.8, 4) is 0 Å². The fourth-order valence-corrected chi connectivity index (χ4v) is 2.30. The summed E-state index contributed by atoms with van der Waals surface area (Å²) in [7, 11) is 0. The highest BCUT2D eigenvalue weighted by molar-refractivity contribution is 5.69. The first-order valence-corrected chi connectivity index (χ1v) is 5.65. The molecule has 1 aliphatic heterocycles. The van der Waals surface area contributed by atoms with Crippen LogP contribution in [0.3, 0.4) is 0 Å². The number of nitrogens with zero attached hydrogens (tertiary/aromatic N) is 4. The van der Waals surface area contributed by atoms with Crippen molar-refractivity contribution in [3.05, 3.63) is 23.0 Å². The van der Waals surface area contributed by atoms with Gasteiger partial charge in [-0.3, -0.25) is 4.79 Å². The van der Waals surface area contributed by atoms with Crippen LogP contribution in [0.15, 0.2) is 17.4 Å². The molecule has 0 aliphatic carbocycles. The zero-order chi connectivity index (χ0) is 12.7. The molecule has 2 aromatic heterocycles. The summed E-state index contributed by atoms with van der Waals surface area (Å²) < 4.78 is 1.65. The van der Waals surface area contributed by atoms with Gasteiger partial charge < -0.3 is 20.2 Å². The molecule has 0 radical (unpaired) electrons.